The van der Waals surface area contributed by atoms with Gasteiger partial charge in [-0.25, -0.2) is 4.79 Å². The Bertz CT molecular complexity index is 428. The van der Waals surface area contributed by atoms with Crippen LogP contribution in [-0.4, -0.2) is 14.9 Å². The van der Waals surface area contributed by atoms with Gasteiger partial charge in [0.25, 0.3) is 6.04 Å². The molecule has 0 aliphatic heterocycles. The second kappa shape index (κ2) is 2.58. The third-order valence-electron chi connectivity index (χ3n) is 2.02. The molecule has 1 aliphatic carbocycles. The topological polar surface area (TPSA) is 91.8 Å². The van der Waals surface area contributed by atoms with Crippen molar-refractivity contribution >= 4 is 6.08 Å². The Hall–Kier alpha value is -1.85. The Morgan fingerprint density at radius 3 is 3.00 bits per heavy atom. The lowest BCUT2D eigenvalue weighted by molar-refractivity contribution is -0.529. The van der Waals surface area contributed by atoms with E-state index in [1.54, 1.807) is 12.2 Å². The molecule has 13 heavy (non-hydrogen) atoms. The van der Waals surface area contributed by atoms with Gasteiger partial charge in [0, 0.05) is 11.3 Å². The van der Waals surface area contributed by atoms with Gasteiger partial charge in [-0.15, -0.1) is 0 Å². The standard InChI is InChI=1S/C7H7N3O3/c11-7-8-4-2-1-3-5(10(12)13)6(4)9-7/h1-2,5H,3H2,(H2,8,9,11). The molecule has 0 spiro atoms. The molecular weight excluding hydrogens is 174 g/mol. The van der Waals surface area contributed by atoms with E-state index < -0.39 is 16.7 Å². The SMILES string of the molecule is O=c1[nH]c2c([nH]1)C([N+](=O)[O-])CC=C2. The van der Waals surface area contributed by atoms with Crippen LogP contribution in [0.25, 0.3) is 6.08 Å². The van der Waals surface area contributed by atoms with Crippen LogP contribution in [0.5, 0.6) is 0 Å². The fourth-order valence-corrected chi connectivity index (χ4v) is 1.43. The fraction of sp³-hybridized carbons (Fsp3) is 0.286. The highest BCUT2D eigenvalue weighted by molar-refractivity contribution is 5.50. The zero-order valence-electron chi connectivity index (χ0n) is 6.61. The molecule has 6 nitrogen and oxygen atoms in total. The molecule has 2 rings (SSSR count). The zero-order chi connectivity index (χ0) is 9.42. The summed E-state index contributed by atoms with van der Waals surface area (Å²) >= 11 is 0. The second-order valence-corrected chi connectivity index (χ2v) is 2.85. The molecule has 68 valence electrons. The van der Waals surface area contributed by atoms with Crippen molar-refractivity contribution in [2.45, 2.75) is 12.5 Å². The average molecular weight is 181 g/mol. The van der Waals surface area contributed by atoms with Crippen LogP contribution in [-0.2, 0) is 0 Å². The first kappa shape index (κ1) is 7.78. The summed E-state index contributed by atoms with van der Waals surface area (Å²) < 4.78 is 0. The lowest BCUT2D eigenvalue weighted by Crippen LogP contribution is -2.14. The predicted molar refractivity (Wildman–Crippen MR) is 44.8 cm³/mol. The van der Waals surface area contributed by atoms with Crippen molar-refractivity contribution < 1.29 is 4.92 Å². The summed E-state index contributed by atoms with van der Waals surface area (Å²) in [5.74, 6) is 0. The van der Waals surface area contributed by atoms with Gasteiger partial charge in [0.05, 0.1) is 5.69 Å². The summed E-state index contributed by atoms with van der Waals surface area (Å²) in [4.78, 5) is 25.9. The van der Waals surface area contributed by atoms with Gasteiger partial charge in [0.1, 0.15) is 5.69 Å². The minimum atomic E-state index is -0.820. The molecule has 1 heterocycles. The number of nitrogens with zero attached hydrogens (tertiary/aromatic N) is 1. The Morgan fingerprint density at radius 1 is 1.54 bits per heavy atom. The number of hydrogen-bond donors (Lipinski definition) is 2. The molecule has 0 fully saturated rings. The molecule has 1 aliphatic rings. The van der Waals surface area contributed by atoms with Gasteiger partial charge in [-0.3, -0.25) is 10.1 Å². The van der Waals surface area contributed by atoms with Crippen LogP contribution in [0.4, 0.5) is 0 Å². The lowest BCUT2D eigenvalue weighted by atomic mass is 10.0. The molecule has 1 atom stereocenters. The van der Waals surface area contributed by atoms with E-state index in [2.05, 4.69) is 9.97 Å². The van der Waals surface area contributed by atoms with Crippen LogP contribution in [0.2, 0.25) is 0 Å². The first-order valence-corrected chi connectivity index (χ1v) is 3.80. The molecule has 0 amide bonds. The maximum absolute atomic E-state index is 10.9. The summed E-state index contributed by atoms with van der Waals surface area (Å²) in [5.41, 5.74) is 0.485. The average Bonchev–Trinajstić information content (AvgIpc) is 2.43. The number of rotatable bonds is 1. The van der Waals surface area contributed by atoms with Gasteiger partial charge in [-0.1, -0.05) is 6.08 Å². The van der Waals surface area contributed by atoms with E-state index in [0.29, 0.717) is 17.8 Å². The normalized spacial score (nSPS) is 19.8. The molecule has 2 N–H and O–H groups in total. The number of aromatic nitrogens is 2. The van der Waals surface area contributed by atoms with Crippen LogP contribution < -0.4 is 5.69 Å². The maximum Gasteiger partial charge on any atom is 0.323 e. The smallest absolute Gasteiger partial charge is 0.306 e. The predicted octanol–water partition coefficient (Wildman–Crippen LogP) is 0.438. The summed E-state index contributed by atoms with van der Waals surface area (Å²) in [6.45, 7) is 0. The van der Waals surface area contributed by atoms with Crippen molar-refractivity contribution in [1.82, 2.24) is 9.97 Å². The molecule has 0 saturated heterocycles. The van der Waals surface area contributed by atoms with Crippen molar-refractivity contribution in [1.29, 1.82) is 0 Å². The van der Waals surface area contributed by atoms with Gasteiger partial charge in [-0.05, 0) is 6.08 Å². The van der Waals surface area contributed by atoms with Crippen LogP contribution in [0.15, 0.2) is 10.9 Å². The summed E-state index contributed by atoms with van der Waals surface area (Å²) in [6, 6.07) is -0.820. The Kier molecular flexibility index (Phi) is 1.54. The van der Waals surface area contributed by atoms with E-state index >= 15 is 0 Å². The van der Waals surface area contributed by atoms with Crippen LogP contribution in [0.1, 0.15) is 23.9 Å². The summed E-state index contributed by atoms with van der Waals surface area (Å²) in [7, 11) is 0. The van der Waals surface area contributed by atoms with E-state index in [1.165, 1.54) is 0 Å². The molecule has 1 unspecified atom stereocenters. The molecule has 0 bridgehead atoms. The Morgan fingerprint density at radius 2 is 2.31 bits per heavy atom. The van der Waals surface area contributed by atoms with E-state index in [4.69, 9.17) is 0 Å². The fourth-order valence-electron chi connectivity index (χ4n) is 1.43. The van der Waals surface area contributed by atoms with Gasteiger partial charge < -0.3 is 9.97 Å². The third-order valence-corrected chi connectivity index (χ3v) is 2.02. The monoisotopic (exact) mass is 181 g/mol. The number of aromatic amines is 2. The minimum Gasteiger partial charge on any atom is -0.306 e. The second-order valence-electron chi connectivity index (χ2n) is 2.85. The third kappa shape index (κ3) is 1.16. The first-order chi connectivity index (χ1) is 6.18. The molecule has 0 aromatic carbocycles. The molecule has 0 radical (unpaired) electrons. The highest BCUT2D eigenvalue weighted by atomic mass is 16.6. The number of hydrogen-bond acceptors (Lipinski definition) is 3. The minimum absolute atomic E-state index is 0.327. The number of H-pyrrole nitrogens is 2. The molecule has 1 aromatic heterocycles. The van der Waals surface area contributed by atoms with E-state index in [1.807, 2.05) is 0 Å². The largest absolute Gasteiger partial charge is 0.323 e. The summed E-state index contributed by atoms with van der Waals surface area (Å²) in [6.07, 6.45) is 3.68. The number of fused-ring (bicyclic) bond motifs is 1. The molecular formula is C7H7N3O3. The van der Waals surface area contributed by atoms with Crippen molar-refractivity contribution in [3.63, 3.8) is 0 Å². The van der Waals surface area contributed by atoms with E-state index in [0.717, 1.165) is 0 Å². The Balaban J connectivity index is 2.54. The number of imidazole rings is 1. The van der Waals surface area contributed by atoms with E-state index in [-0.39, 0.29) is 0 Å². The van der Waals surface area contributed by atoms with Crippen LogP contribution in [0, 0.1) is 10.1 Å². The lowest BCUT2D eigenvalue weighted by Gasteiger charge is -2.09. The van der Waals surface area contributed by atoms with E-state index in [9.17, 15) is 14.9 Å². The highest BCUT2D eigenvalue weighted by Gasteiger charge is 2.28. The van der Waals surface area contributed by atoms with Crippen molar-refractivity contribution in [2.24, 2.45) is 0 Å². The Labute approximate surface area is 72.4 Å². The summed E-state index contributed by atoms with van der Waals surface area (Å²) in [5, 5.41) is 10.6. The van der Waals surface area contributed by atoms with Gasteiger partial charge >= 0.3 is 5.69 Å². The van der Waals surface area contributed by atoms with Gasteiger partial charge in [-0.2, -0.15) is 0 Å². The number of nitrogens with one attached hydrogen (secondary N) is 2. The maximum atomic E-state index is 10.9. The first-order valence-electron chi connectivity index (χ1n) is 3.80. The van der Waals surface area contributed by atoms with Crippen LogP contribution in [0.3, 0.4) is 0 Å². The number of nitro groups is 1. The molecule has 6 heteroatoms. The van der Waals surface area contributed by atoms with Crippen molar-refractivity contribution in [3.05, 3.63) is 38.1 Å². The quantitative estimate of drug-likeness (QED) is 0.486. The van der Waals surface area contributed by atoms with Gasteiger partial charge in [0.15, 0.2) is 0 Å². The van der Waals surface area contributed by atoms with Crippen LogP contribution >= 0.6 is 0 Å². The highest BCUT2D eigenvalue weighted by Crippen LogP contribution is 2.25. The molecule has 1 aromatic rings. The zero-order valence-corrected chi connectivity index (χ0v) is 6.61. The van der Waals surface area contributed by atoms with Gasteiger partial charge in [0.2, 0.25) is 0 Å². The molecule has 0 saturated carbocycles. The van der Waals surface area contributed by atoms with Crippen molar-refractivity contribution in [3.8, 4) is 0 Å². The van der Waals surface area contributed by atoms with Crippen molar-refractivity contribution in [2.75, 3.05) is 0 Å².